The molecule has 8 saturated carbocycles. The molecule has 0 radical (unpaired) electrons. The summed E-state index contributed by atoms with van der Waals surface area (Å²) in [5.74, 6) is 3.38. The number of aliphatic hydroxyl groups excluding tert-OH is 6. The third-order valence-corrected chi connectivity index (χ3v) is 22.6. The Bertz CT molecular complexity index is 1680. The molecule has 0 aromatic rings. The summed E-state index contributed by atoms with van der Waals surface area (Å²) in [5.41, 5.74) is 3.58. The maximum absolute atomic E-state index is 13.9. The number of amides is 2. The molecular weight excluding hydrogens is 854 g/mol. The van der Waals surface area contributed by atoms with Crippen LogP contribution in [0.3, 0.4) is 0 Å². The van der Waals surface area contributed by atoms with Crippen molar-refractivity contribution in [2.24, 2.45) is 92.7 Å². The van der Waals surface area contributed by atoms with Gasteiger partial charge in [-0.1, -0.05) is 41.5 Å². The summed E-state index contributed by atoms with van der Waals surface area (Å²) < 4.78 is 0. The van der Waals surface area contributed by atoms with Crippen LogP contribution in [-0.4, -0.2) is 110 Å². The van der Waals surface area contributed by atoms with Gasteiger partial charge < -0.3 is 59.0 Å². The van der Waals surface area contributed by atoms with Crippen LogP contribution in [0.4, 0.5) is 0 Å². The van der Waals surface area contributed by atoms with Gasteiger partial charge in [-0.3, -0.25) is 9.59 Å². The monoisotopic (exact) mass is 948 g/mol. The fraction of sp³-hybridized carbons (Fsp3) is 0.963. The van der Waals surface area contributed by atoms with E-state index in [0.717, 1.165) is 116 Å². The first-order valence-corrected chi connectivity index (χ1v) is 27.2. The molecule has 0 aromatic carbocycles. The molecule has 0 spiro atoms. The molecule has 14 unspecified atom stereocenters. The number of hydrogen-bond donors (Lipinski definition) is 8. The van der Waals surface area contributed by atoms with E-state index in [-0.39, 0.29) is 118 Å². The first-order valence-electron chi connectivity index (χ1n) is 27.2. The van der Waals surface area contributed by atoms with E-state index >= 15 is 0 Å². The van der Waals surface area contributed by atoms with Crippen molar-refractivity contribution < 1.29 is 58.4 Å². The third kappa shape index (κ3) is 9.21. The first kappa shape index (κ1) is 52.8. The van der Waals surface area contributed by atoms with Crippen molar-refractivity contribution in [3.05, 3.63) is 0 Å². The molecule has 8 aliphatic carbocycles. The number of carbonyl (C=O) groups excluding carboxylic acids is 2. The highest BCUT2D eigenvalue weighted by Crippen LogP contribution is 2.70. The van der Waals surface area contributed by atoms with Crippen LogP contribution in [0.25, 0.3) is 0 Å². The van der Waals surface area contributed by atoms with Gasteiger partial charge in [-0.2, -0.15) is 0 Å². The second kappa shape index (κ2) is 20.6. The molecule has 0 saturated heterocycles. The topological polar surface area (TPSA) is 198 Å². The molecule has 380 valence electrons. The van der Waals surface area contributed by atoms with E-state index in [4.69, 9.17) is 0 Å². The van der Waals surface area contributed by atoms with Crippen LogP contribution in [0.1, 0.15) is 170 Å². The van der Waals surface area contributed by atoms with Crippen LogP contribution in [0.15, 0.2) is 0 Å². The van der Waals surface area contributed by atoms with Gasteiger partial charge in [-0.25, -0.2) is 0 Å². The van der Waals surface area contributed by atoms with Crippen LogP contribution in [-0.2, 0) is 9.59 Å². The van der Waals surface area contributed by atoms with Gasteiger partial charge in [0.1, 0.15) is 0 Å². The summed E-state index contributed by atoms with van der Waals surface area (Å²) in [4.78, 5) is 29.1. The smallest absolute Gasteiger partial charge is 0.222 e. The van der Waals surface area contributed by atoms with Crippen LogP contribution < -0.4 is 23.5 Å². The van der Waals surface area contributed by atoms with E-state index in [2.05, 4.69) is 52.6 Å². The van der Waals surface area contributed by atoms with Crippen molar-refractivity contribution in [1.29, 1.82) is 0 Å². The van der Waals surface area contributed by atoms with E-state index in [9.17, 15) is 40.2 Å². The highest BCUT2D eigenvalue weighted by Gasteiger charge is 2.67. The minimum atomic E-state index is -0.436. The normalized spacial score (nSPS) is 48.0. The van der Waals surface area contributed by atoms with Crippen LogP contribution in [0.5, 0.6) is 0 Å². The molecule has 0 aromatic heterocycles. The molecule has 8 fully saturated rings. The van der Waals surface area contributed by atoms with Crippen molar-refractivity contribution >= 4 is 11.8 Å². The minimum Gasteiger partial charge on any atom is -1.00 e. The second-order valence-electron chi connectivity index (χ2n) is 25.4. The lowest BCUT2D eigenvalue weighted by Crippen LogP contribution is -3.00. The Labute approximate surface area is 404 Å². The number of quaternary nitrogens is 1. The van der Waals surface area contributed by atoms with E-state index in [0.29, 0.717) is 62.6 Å². The molecule has 2 amide bonds. The fourth-order valence-corrected chi connectivity index (χ4v) is 18.8. The van der Waals surface area contributed by atoms with Gasteiger partial charge in [-0.15, -0.1) is 0 Å². The first-order chi connectivity index (χ1) is 30.8. The molecule has 11 nitrogen and oxygen atoms in total. The highest BCUT2D eigenvalue weighted by atomic mass is 35.5. The third-order valence-electron chi connectivity index (χ3n) is 22.6. The van der Waals surface area contributed by atoms with Crippen molar-refractivity contribution in [3.63, 3.8) is 0 Å². The minimum absolute atomic E-state index is 0. The molecule has 8 aliphatic rings. The van der Waals surface area contributed by atoms with Crippen LogP contribution in [0.2, 0.25) is 0 Å². The van der Waals surface area contributed by atoms with Crippen molar-refractivity contribution in [2.75, 3.05) is 26.2 Å². The summed E-state index contributed by atoms with van der Waals surface area (Å²) in [6.07, 6.45) is 13.9. The quantitative estimate of drug-likeness (QED) is 0.115. The number of hydrogen-bond acceptors (Lipinski definition) is 8. The lowest BCUT2D eigenvalue weighted by molar-refractivity contribution is -0.368. The summed E-state index contributed by atoms with van der Waals surface area (Å²) >= 11 is 0. The number of carbonyl (C=O) groups is 2. The summed E-state index contributed by atoms with van der Waals surface area (Å²) in [6.45, 7) is 16.4. The standard InChI is InChI=1S/C54H93N3O8.ClH/c1-31(37-11-13-39-49-41(29-45(62)53(37,39)5)51(3)19-17-35(58)25-33(51)27-43(49)60)9-15-47(64)56-22-8-24-57(23-7-21-55)48(65)16-10-32(2)38-12-14-40-50-42(30-46(63)54(38,40)6)52(4)20-18-36(59)26-34(52)28-44(50)61;/h31-46,49-50,58-63H,7-30,55H2,1-6H3,(H,56,64);1H/t31?,32?,33?,34?,35-,36-,37?,38?,39?,40?,41?,42?,43?,44?,45+,46+,49?,50?,51-,52-,53+,54+;/m0./s1. The van der Waals surface area contributed by atoms with Gasteiger partial charge in [-0.05, 0) is 202 Å². The van der Waals surface area contributed by atoms with Gasteiger partial charge >= 0.3 is 0 Å². The molecule has 0 bridgehead atoms. The van der Waals surface area contributed by atoms with Gasteiger partial charge in [0.15, 0.2) is 0 Å². The summed E-state index contributed by atoms with van der Waals surface area (Å²) in [7, 11) is 0. The number of halogens is 1. The SMILES string of the molecule is CC(CCC(=O)NCCCN(CCC[NH3+])C(=O)CCC(C)C1CCC2C3C(O)CC4C[C@@H](O)CC[C@]4(C)C3C[C@@H](O)[C@]12C)C1CCC2C3C(O)CC4C[C@@H](O)CC[C@]4(C)C3C[C@@H](O)[C@]12C.[Cl-]. The average molecular weight is 949 g/mol. The predicted octanol–water partition coefficient (Wildman–Crippen LogP) is 2.71. The maximum atomic E-state index is 13.9. The molecule has 10 N–H and O–H groups in total. The van der Waals surface area contributed by atoms with Crippen molar-refractivity contribution in [2.45, 2.75) is 207 Å². The van der Waals surface area contributed by atoms with Crippen LogP contribution in [0, 0.1) is 92.7 Å². The zero-order valence-corrected chi connectivity index (χ0v) is 42.7. The number of aliphatic hydroxyl groups is 6. The van der Waals surface area contributed by atoms with Crippen LogP contribution >= 0.6 is 0 Å². The van der Waals surface area contributed by atoms with E-state index < -0.39 is 12.2 Å². The van der Waals surface area contributed by atoms with E-state index in [1.54, 1.807) is 0 Å². The maximum Gasteiger partial charge on any atom is 0.222 e. The van der Waals surface area contributed by atoms with Gasteiger partial charge in [0, 0.05) is 38.9 Å². The van der Waals surface area contributed by atoms with Crippen molar-refractivity contribution in [1.82, 2.24) is 10.2 Å². The molecule has 0 heterocycles. The molecule has 66 heavy (non-hydrogen) atoms. The summed E-state index contributed by atoms with van der Waals surface area (Å²) in [6, 6.07) is 0. The Morgan fingerprint density at radius 3 is 1.55 bits per heavy atom. The molecule has 12 heteroatoms. The van der Waals surface area contributed by atoms with Gasteiger partial charge in [0.2, 0.25) is 11.8 Å². The predicted molar refractivity (Wildman–Crippen MR) is 251 cm³/mol. The lowest BCUT2D eigenvalue weighted by atomic mass is 9.43. The highest BCUT2D eigenvalue weighted by molar-refractivity contribution is 5.76. The Morgan fingerprint density at radius 1 is 0.621 bits per heavy atom. The molecular formula is C54H94ClN3O8. The number of fused-ring (bicyclic) bond motifs is 10. The van der Waals surface area contributed by atoms with Gasteiger partial charge in [0.05, 0.1) is 43.2 Å². The zero-order chi connectivity index (χ0) is 46.8. The zero-order valence-electron chi connectivity index (χ0n) is 41.9. The lowest BCUT2D eigenvalue weighted by Gasteiger charge is -2.63. The molecule has 22 atom stereocenters. The Hall–Kier alpha value is -1.05. The summed E-state index contributed by atoms with van der Waals surface area (Å²) in [5, 5.41) is 71.5. The number of nitrogens with zero attached hydrogens (tertiary/aromatic N) is 1. The molecule has 8 rings (SSSR count). The number of nitrogens with one attached hydrogen (secondary N) is 1. The second-order valence-corrected chi connectivity index (χ2v) is 25.4. The average Bonchev–Trinajstić information content (AvgIpc) is 3.82. The van der Waals surface area contributed by atoms with Crippen molar-refractivity contribution in [3.8, 4) is 0 Å². The molecule has 0 aliphatic heterocycles. The van der Waals surface area contributed by atoms with E-state index in [1.807, 2.05) is 4.90 Å². The Balaban J connectivity index is 0.00000648. The fourth-order valence-electron chi connectivity index (χ4n) is 18.8. The largest absolute Gasteiger partial charge is 1.00 e. The Morgan fingerprint density at radius 2 is 1.08 bits per heavy atom. The number of rotatable bonds is 15. The Kier molecular flexibility index (Phi) is 16.5. The van der Waals surface area contributed by atoms with E-state index in [1.165, 1.54) is 0 Å². The van der Waals surface area contributed by atoms with Gasteiger partial charge in [0.25, 0.3) is 0 Å².